The van der Waals surface area contributed by atoms with Gasteiger partial charge in [0.15, 0.2) is 0 Å². The number of rotatable bonds is 7. The van der Waals surface area contributed by atoms with E-state index >= 15 is 0 Å². The van der Waals surface area contributed by atoms with Crippen LogP contribution < -0.4 is 5.32 Å². The fraction of sp³-hybridized carbons (Fsp3) is 0.429. The van der Waals surface area contributed by atoms with Crippen LogP contribution in [0.25, 0.3) is 0 Å². The predicted molar refractivity (Wildman–Crippen MR) is 73.6 cm³/mol. The lowest BCUT2D eigenvalue weighted by Crippen LogP contribution is -2.02. The van der Waals surface area contributed by atoms with E-state index < -0.39 is 0 Å². The summed E-state index contributed by atoms with van der Waals surface area (Å²) in [5, 5.41) is 7.52. The zero-order valence-corrected chi connectivity index (χ0v) is 10.8. The Hall–Kier alpha value is -1.84. The van der Waals surface area contributed by atoms with Gasteiger partial charge in [-0.2, -0.15) is 5.10 Å². The number of anilines is 1. The summed E-state index contributed by atoms with van der Waals surface area (Å²) in [4.78, 5) is 3.93. The molecule has 0 bridgehead atoms. The van der Waals surface area contributed by atoms with Gasteiger partial charge in [0.25, 0.3) is 0 Å². The third-order valence-corrected chi connectivity index (χ3v) is 2.87. The number of unbranched alkanes of at least 4 members (excludes halogenated alkanes) is 2. The van der Waals surface area contributed by atoms with Crippen molar-refractivity contribution in [3.63, 3.8) is 0 Å². The summed E-state index contributed by atoms with van der Waals surface area (Å²) in [6.07, 6.45) is 7.08. The highest BCUT2D eigenvalue weighted by Crippen LogP contribution is 2.10. The van der Waals surface area contributed by atoms with Crippen LogP contribution in [-0.4, -0.2) is 21.3 Å². The van der Waals surface area contributed by atoms with Gasteiger partial charge in [0.2, 0.25) is 0 Å². The van der Waals surface area contributed by atoms with E-state index in [9.17, 15) is 0 Å². The van der Waals surface area contributed by atoms with Crippen LogP contribution in [0.5, 0.6) is 0 Å². The van der Waals surface area contributed by atoms with Crippen molar-refractivity contribution in [2.75, 3.05) is 11.9 Å². The molecule has 4 nitrogen and oxygen atoms in total. The molecule has 96 valence electrons. The van der Waals surface area contributed by atoms with Gasteiger partial charge >= 0.3 is 0 Å². The average Bonchev–Trinajstić information content (AvgIpc) is 2.89. The predicted octanol–water partition coefficient (Wildman–Crippen LogP) is 2.93. The van der Waals surface area contributed by atoms with E-state index in [1.165, 1.54) is 30.5 Å². The summed E-state index contributed by atoms with van der Waals surface area (Å²) in [5.74, 6) is 0. The molecule has 1 aromatic heterocycles. The smallest absolute Gasteiger partial charge is 0.137 e. The molecule has 0 spiro atoms. The standard InChI is InChI=1S/C14H20N4/c1-2-3-4-9-16-14-7-5-13(6-8-14)10-18-12-15-11-17-18/h5-8,11-12,16H,2-4,9-10H2,1H3. The monoisotopic (exact) mass is 244 g/mol. The van der Waals surface area contributed by atoms with Crippen molar-refractivity contribution in [3.05, 3.63) is 42.5 Å². The van der Waals surface area contributed by atoms with Gasteiger partial charge in [-0.1, -0.05) is 31.9 Å². The average molecular weight is 244 g/mol. The molecule has 0 atom stereocenters. The van der Waals surface area contributed by atoms with E-state index in [1.54, 1.807) is 12.7 Å². The van der Waals surface area contributed by atoms with Gasteiger partial charge in [-0.05, 0) is 24.1 Å². The Balaban J connectivity index is 1.82. The number of nitrogens with zero attached hydrogens (tertiary/aromatic N) is 3. The Labute approximate surface area is 108 Å². The van der Waals surface area contributed by atoms with Crippen molar-refractivity contribution < 1.29 is 0 Å². The van der Waals surface area contributed by atoms with Crippen molar-refractivity contribution in [3.8, 4) is 0 Å². The number of hydrogen-bond donors (Lipinski definition) is 1. The lowest BCUT2D eigenvalue weighted by Gasteiger charge is -2.07. The van der Waals surface area contributed by atoms with Gasteiger partial charge in [-0.3, -0.25) is 0 Å². The number of hydrogen-bond acceptors (Lipinski definition) is 3. The second-order valence-electron chi connectivity index (χ2n) is 4.42. The normalized spacial score (nSPS) is 10.5. The molecule has 0 fully saturated rings. The van der Waals surface area contributed by atoms with Crippen LogP contribution in [-0.2, 0) is 6.54 Å². The Morgan fingerprint density at radius 3 is 2.67 bits per heavy atom. The second-order valence-corrected chi connectivity index (χ2v) is 4.42. The Morgan fingerprint density at radius 2 is 2.00 bits per heavy atom. The quantitative estimate of drug-likeness (QED) is 0.761. The number of aromatic nitrogens is 3. The van der Waals surface area contributed by atoms with Crippen LogP contribution in [0.3, 0.4) is 0 Å². The van der Waals surface area contributed by atoms with Gasteiger partial charge in [-0.25, -0.2) is 9.67 Å². The Morgan fingerprint density at radius 1 is 1.17 bits per heavy atom. The summed E-state index contributed by atoms with van der Waals surface area (Å²) in [6, 6.07) is 8.50. The van der Waals surface area contributed by atoms with E-state index in [4.69, 9.17) is 0 Å². The third-order valence-electron chi connectivity index (χ3n) is 2.87. The van der Waals surface area contributed by atoms with Crippen LogP contribution in [0.1, 0.15) is 31.7 Å². The first-order valence-corrected chi connectivity index (χ1v) is 6.53. The van der Waals surface area contributed by atoms with Crippen molar-refractivity contribution >= 4 is 5.69 Å². The first kappa shape index (κ1) is 12.6. The topological polar surface area (TPSA) is 42.7 Å². The van der Waals surface area contributed by atoms with Gasteiger partial charge in [-0.15, -0.1) is 0 Å². The van der Waals surface area contributed by atoms with Crippen LogP contribution in [0.2, 0.25) is 0 Å². The van der Waals surface area contributed by atoms with Gasteiger partial charge in [0.1, 0.15) is 12.7 Å². The molecule has 0 aliphatic rings. The zero-order chi connectivity index (χ0) is 12.6. The summed E-state index contributed by atoms with van der Waals surface area (Å²) in [5.41, 5.74) is 2.42. The molecule has 0 aliphatic heterocycles. The minimum atomic E-state index is 0.774. The lowest BCUT2D eigenvalue weighted by molar-refractivity contribution is 0.685. The molecule has 0 unspecified atom stereocenters. The fourth-order valence-electron chi connectivity index (χ4n) is 1.84. The molecule has 0 aliphatic carbocycles. The van der Waals surface area contributed by atoms with Crippen LogP contribution in [0, 0.1) is 0 Å². The van der Waals surface area contributed by atoms with E-state index in [0.717, 1.165) is 13.1 Å². The molecule has 1 aromatic carbocycles. The first-order chi connectivity index (χ1) is 8.88. The maximum Gasteiger partial charge on any atom is 0.137 e. The molecule has 0 saturated carbocycles. The van der Waals surface area contributed by atoms with E-state index in [1.807, 2.05) is 4.68 Å². The molecule has 0 amide bonds. The van der Waals surface area contributed by atoms with Gasteiger partial charge in [0, 0.05) is 12.2 Å². The largest absolute Gasteiger partial charge is 0.385 e. The maximum absolute atomic E-state index is 4.09. The molecule has 2 rings (SSSR count). The van der Waals surface area contributed by atoms with Crippen molar-refractivity contribution in [1.29, 1.82) is 0 Å². The Bertz CT molecular complexity index is 433. The van der Waals surface area contributed by atoms with Crippen LogP contribution in [0.4, 0.5) is 5.69 Å². The second kappa shape index (κ2) is 6.79. The SMILES string of the molecule is CCCCCNc1ccc(Cn2cncn2)cc1. The zero-order valence-electron chi connectivity index (χ0n) is 10.8. The molecular formula is C14H20N4. The molecule has 18 heavy (non-hydrogen) atoms. The summed E-state index contributed by atoms with van der Waals surface area (Å²) in [7, 11) is 0. The van der Waals surface area contributed by atoms with Crippen LogP contribution in [0.15, 0.2) is 36.9 Å². The van der Waals surface area contributed by atoms with Crippen LogP contribution >= 0.6 is 0 Å². The molecule has 0 radical (unpaired) electrons. The molecule has 2 aromatic rings. The van der Waals surface area contributed by atoms with Crippen molar-refractivity contribution in [2.45, 2.75) is 32.7 Å². The highest BCUT2D eigenvalue weighted by Gasteiger charge is 1.96. The molecule has 1 N–H and O–H groups in total. The van der Waals surface area contributed by atoms with Gasteiger partial charge < -0.3 is 5.32 Å². The molecule has 4 heteroatoms. The summed E-state index contributed by atoms with van der Waals surface area (Å²) in [6.45, 7) is 4.05. The first-order valence-electron chi connectivity index (χ1n) is 6.53. The Kier molecular flexibility index (Phi) is 4.76. The molecule has 0 saturated heterocycles. The fourth-order valence-corrected chi connectivity index (χ4v) is 1.84. The van der Waals surface area contributed by atoms with E-state index in [0.29, 0.717) is 0 Å². The minimum absolute atomic E-state index is 0.774. The lowest BCUT2D eigenvalue weighted by atomic mass is 10.2. The summed E-state index contributed by atoms with van der Waals surface area (Å²) >= 11 is 0. The highest BCUT2D eigenvalue weighted by atomic mass is 15.3. The minimum Gasteiger partial charge on any atom is -0.385 e. The van der Waals surface area contributed by atoms with Crippen molar-refractivity contribution in [1.82, 2.24) is 14.8 Å². The van der Waals surface area contributed by atoms with Gasteiger partial charge in [0.05, 0.1) is 6.54 Å². The van der Waals surface area contributed by atoms with E-state index in [2.05, 4.69) is 46.6 Å². The van der Waals surface area contributed by atoms with Crippen molar-refractivity contribution in [2.24, 2.45) is 0 Å². The highest BCUT2D eigenvalue weighted by molar-refractivity contribution is 5.44. The number of nitrogens with one attached hydrogen (secondary N) is 1. The third kappa shape index (κ3) is 3.87. The van der Waals surface area contributed by atoms with E-state index in [-0.39, 0.29) is 0 Å². The maximum atomic E-state index is 4.09. The molecular weight excluding hydrogens is 224 g/mol. The molecule has 1 heterocycles. The summed E-state index contributed by atoms with van der Waals surface area (Å²) < 4.78 is 1.82. The number of benzene rings is 1.